The molecule has 0 aromatic heterocycles. The molecule has 1 amide bonds. The largest absolute Gasteiger partial charge is 0.481 e. The molecule has 0 radical (unpaired) electrons. The molecular weight excluding hydrogens is 402 g/mol. The molecule has 1 atom stereocenters. The Bertz CT molecular complexity index is 1050. The number of fused-ring (bicyclic) bond motifs is 3. The highest BCUT2D eigenvalue weighted by Crippen LogP contribution is 2.44. The minimum atomic E-state index is -1.03. The van der Waals surface area contributed by atoms with Crippen LogP contribution in [0.5, 0.6) is 0 Å². The quantitative estimate of drug-likeness (QED) is 0.559. The summed E-state index contributed by atoms with van der Waals surface area (Å²) in [5, 5.41) is 12.4. The topological polar surface area (TPSA) is 75.6 Å². The summed E-state index contributed by atoms with van der Waals surface area (Å²) in [6.45, 7) is 0.162. The third kappa shape index (κ3) is 4.16. The smallest absolute Gasteiger partial charge is 0.407 e. The highest BCUT2D eigenvalue weighted by Gasteiger charge is 2.29. The van der Waals surface area contributed by atoms with Crippen LogP contribution in [0.1, 0.15) is 35.1 Å². The summed E-state index contributed by atoms with van der Waals surface area (Å²) >= 11 is 6.01. The number of ether oxygens (including phenoxy) is 1. The Morgan fingerprint density at radius 2 is 1.60 bits per heavy atom. The second kappa shape index (κ2) is 8.59. The van der Waals surface area contributed by atoms with Crippen molar-refractivity contribution in [3.63, 3.8) is 0 Å². The van der Waals surface area contributed by atoms with E-state index in [9.17, 15) is 14.7 Å². The first-order valence-corrected chi connectivity index (χ1v) is 9.99. The molecule has 1 unspecified atom stereocenters. The van der Waals surface area contributed by atoms with Crippen molar-refractivity contribution < 1.29 is 19.4 Å². The first-order valence-electron chi connectivity index (χ1n) is 9.61. The predicted octanol–water partition coefficient (Wildman–Crippen LogP) is 5.39. The maximum Gasteiger partial charge on any atom is 0.407 e. The van der Waals surface area contributed by atoms with Crippen molar-refractivity contribution in [2.24, 2.45) is 0 Å². The van der Waals surface area contributed by atoms with Gasteiger partial charge in [-0.15, -0.1) is 0 Å². The highest BCUT2D eigenvalue weighted by molar-refractivity contribution is 6.30. The van der Waals surface area contributed by atoms with Gasteiger partial charge >= 0.3 is 12.1 Å². The minimum absolute atomic E-state index is 0.0627. The Hall–Kier alpha value is -3.31. The lowest BCUT2D eigenvalue weighted by Crippen LogP contribution is -2.31. The van der Waals surface area contributed by atoms with Gasteiger partial charge in [-0.2, -0.15) is 0 Å². The van der Waals surface area contributed by atoms with Gasteiger partial charge in [0.05, 0.1) is 12.5 Å². The van der Waals surface area contributed by atoms with E-state index in [1.165, 1.54) is 0 Å². The van der Waals surface area contributed by atoms with Crippen LogP contribution in [-0.2, 0) is 9.53 Å². The number of hydrogen-bond acceptors (Lipinski definition) is 3. The monoisotopic (exact) mass is 421 g/mol. The van der Waals surface area contributed by atoms with E-state index in [0.717, 1.165) is 22.3 Å². The van der Waals surface area contributed by atoms with E-state index in [2.05, 4.69) is 17.4 Å². The molecule has 3 aromatic carbocycles. The van der Waals surface area contributed by atoms with E-state index >= 15 is 0 Å². The Morgan fingerprint density at radius 1 is 0.967 bits per heavy atom. The number of carbonyl (C=O) groups excluding carboxylic acids is 1. The maximum atomic E-state index is 12.5. The minimum Gasteiger partial charge on any atom is -0.481 e. The van der Waals surface area contributed by atoms with Crippen LogP contribution < -0.4 is 5.32 Å². The van der Waals surface area contributed by atoms with Crippen LogP contribution in [0.15, 0.2) is 72.8 Å². The zero-order valence-electron chi connectivity index (χ0n) is 16.0. The number of rotatable bonds is 6. The van der Waals surface area contributed by atoms with Crippen LogP contribution >= 0.6 is 11.6 Å². The number of carboxylic acid groups (broad SMARTS) is 1. The Kier molecular flexibility index (Phi) is 5.72. The summed E-state index contributed by atoms with van der Waals surface area (Å²) in [6.07, 6.45) is -0.937. The lowest BCUT2D eigenvalue weighted by atomic mass is 9.98. The van der Waals surface area contributed by atoms with Gasteiger partial charge in [-0.05, 0) is 39.9 Å². The molecule has 0 saturated heterocycles. The summed E-state index contributed by atoms with van der Waals surface area (Å²) in [4.78, 5) is 23.8. The number of nitrogens with one attached hydrogen (secondary N) is 1. The van der Waals surface area contributed by atoms with Crippen LogP contribution in [0.4, 0.5) is 4.79 Å². The highest BCUT2D eigenvalue weighted by atomic mass is 35.5. The van der Waals surface area contributed by atoms with Crippen LogP contribution in [0, 0.1) is 0 Å². The van der Waals surface area contributed by atoms with Gasteiger partial charge in [-0.1, -0.05) is 72.3 Å². The molecule has 0 aliphatic heterocycles. The van der Waals surface area contributed by atoms with Crippen molar-refractivity contribution >= 4 is 23.7 Å². The molecule has 30 heavy (non-hydrogen) atoms. The molecule has 1 aliphatic carbocycles. The van der Waals surface area contributed by atoms with E-state index < -0.39 is 18.1 Å². The molecule has 0 bridgehead atoms. The molecule has 2 N–H and O–H groups in total. The first-order chi connectivity index (χ1) is 14.5. The number of carbonyl (C=O) groups is 2. The number of benzene rings is 3. The third-order valence-corrected chi connectivity index (χ3v) is 5.50. The van der Waals surface area contributed by atoms with Crippen molar-refractivity contribution in [2.75, 3.05) is 6.61 Å². The maximum absolute atomic E-state index is 12.5. The SMILES string of the molecule is O=C(O)CC(NC(=O)OCC1c2ccccc2-c2ccccc21)c1cccc(Cl)c1. The lowest BCUT2D eigenvalue weighted by Gasteiger charge is -2.19. The van der Waals surface area contributed by atoms with Crippen molar-refractivity contribution in [3.8, 4) is 11.1 Å². The molecule has 1 aliphatic rings. The number of amides is 1. The number of aliphatic carboxylic acids is 1. The van der Waals surface area contributed by atoms with E-state index in [4.69, 9.17) is 16.3 Å². The zero-order valence-corrected chi connectivity index (χ0v) is 16.8. The van der Waals surface area contributed by atoms with Crippen LogP contribution in [0.3, 0.4) is 0 Å². The fraction of sp³-hybridized carbons (Fsp3) is 0.167. The molecule has 0 heterocycles. The van der Waals surface area contributed by atoms with Gasteiger partial charge < -0.3 is 15.2 Å². The van der Waals surface area contributed by atoms with E-state index in [0.29, 0.717) is 10.6 Å². The second-order valence-corrected chi connectivity index (χ2v) is 7.61. The molecule has 152 valence electrons. The van der Waals surface area contributed by atoms with Crippen molar-refractivity contribution in [1.29, 1.82) is 0 Å². The summed E-state index contributed by atoms with van der Waals surface area (Å²) in [6, 6.07) is 22.2. The summed E-state index contributed by atoms with van der Waals surface area (Å²) in [5.41, 5.74) is 5.12. The number of hydrogen-bond donors (Lipinski definition) is 2. The number of halogens is 1. The normalized spacial score (nSPS) is 13.2. The standard InChI is InChI=1S/C24H20ClNO4/c25-16-7-5-6-15(12-16)22(13-23(27)28)26-24(29)30-14-21-19-10-3-1-8-17(19)18-9-2-4-11-20(18)21/h1-12,21-22H,13-14H2,(H,26,29)(H,27,28). The van der Waals surface area contributed by atoms with Gasteiger partial charge in [0.25, 0.3) is 0 Å². The van der Waals surface area contributed by atoms with Gasteiger partial charge in [0.2, 0.25) is 0 Å². The van der Waals surface area contributed by atoms with E-state index in [1.54, 1.807) is 24.3 Å². The third-order valence-electron chi connectivity index (χ3n) is 5.27. The van der Waals surface area contributed by atoms with Gasteiger partial charge in [-0.3, -0.25) is 4.79 Å². The Labute approximate surface area is 179 Å². The van der Waals surface area contributed by atoms with Crippen LogP contribution in [-0.4, -0.2) is 23.8 Å². The molecule has 6 heteroatoms. The molecule has 4 rings (SSSR count). The van der Waals surface area contributed by atoms with Crippen LogP contribution in [0.25, 0.3) is 11.1 Å². The molecule has 0 spiro atoms. The van der Waals surface area contributed by atoms with Crippen molar-refractivity contribution in [1.82, 2.24) is 5.32 Å². The first kappa shape index (κ1) is 20.0. The lowest BCUT2D eigenvalue weighted by molar-refractivity contribution is -0.137. The van der Waals surface area contributed by atoms with Gasteiger partial charge in [0.1, 0.15) is 6.61 Å². The van der Waals surface area contributed by atoms with Gasteiger partial charge in [0.15, 0.2) is 0 Å². The Morgan fingerprint density at radius 3 is 2.20 bits per heavy atom. The number of carboxylic acids is 1. The molecule has 3 aromatic rings. The molecule has 0 saturated carbocycles. The van der Waals surface area contributed by atoms with Crippen molar-refractivity contribution in [2.45, 2.75) is 18.4 Å². The molecule has 5 nitrogen and oxygen atoms in total. The molecular formula is C24H20ClNO4. The van der Waals surface area contributed by atoms with Gasteiger partial charge in [0, 0.05) is 10.9 Å². The zero-order chi connectivity index (χ0) is 21.1. The fourth-order valence-electron chi connectivity index (χ4n) is 3.93. The molecule has 0 fully saturated rings. The average molecular weight is 422 g/mol. The summed E-state index contributed by atoms with van der Waals surface area (Å²) < 4.78 is 5.53. The fourth-order valence-corrected chi connectivity index (χ4v) is 4.13. The second-order valence-electron chi connectivity index (χ2n) is 7.18. The average Bonchev–Trinajstić information content (AvgIpc) is 3.05. The number of alkyl carbamates (subject to hydrolysis) is 1. The predicted molar refractivity (Wildman–Crippen MR) is 115 cm³/mol. The summed E-state index contributed by atoms with van der Waals surface area (Å²) in [7, 11) is 0. The van der Waals surface area contributed by atoms with E-state index in [1.807, 2.05) is 36.4 Å². The van der Waals surface area contributed by atoms with Crippen LogP contribution in [0.2, 0.25) is 5.02 Å². The van der Waals surface area contributed by atoms with E-state index in [-0.39, 0.29) is 18.9 Å². The van der Waals surface area contributed by atoms with Crippen molar-refractivity contribution in [3.05, 3.63) is 94.5 Å². The Balaban J connectivity index is 1.48. The summed E-state index contributed by atoms with van der Waals surface area (Å²) in [5.74, 6) is -1.09. The van der Waals surface area contributed by atoms with Gasteiger partial charge in [-0.25, -0.2) is 4.79 Å².